The minimum absolute atomic E-state index is 0.00315. The van der Waals surface area contributed by atoms with E-state index < -0.39 is 26.8 Å². The fraction of sp³-hybridized carbons (Fsp3) is 0.500. The van der Waals surface area contributed by atoms with E-state index in [0.29, 0.717) is 24.3 Å². The molecule has 106 valence electrons. The lowest BCUT2D eigenvalue weighted by Crippen LogP contribution is -2.39. The maximum Gasteiger partial charge on any atom is 0.345 e. The van der Waals surface area contributed by atoms with Crippen molar-refractivity contribution < 1.29 is 22.5 Å². The topological polar surface area (TPSA) is 101 Å². The molecule has 0 amide bonds. The summed E-state index contributed by atoms with van der Waals surface area (Å²) in [6, 6.07) is 2.34. The van der Waals surface area contributed by atoms with Gasteiger partial charge in [0.05, 0.1) is 0 Å². The van der Waals surface area contributed by atoms with Gasteiger partial charge >= 0.3 is 5.97 Å². The Morgan fingerprint density at radius 3 is 2.53 bits per heavy atom. The minimum atomic E-state index is -3.68. The molecule has 1 saturated heterocycles. The van der Waals surface area contributed by atoms with Crippen LogP contribution in [0.15, 0.2) is 16.3 Å². The van der Waals surface area contributed by atoms with Crippen molar-refractivity contribution in [2.24, 2.45) is 0 Å². The van der Waals surface area contributed by atoms with Gasteiger partial charge in [0.25, 0.3) is 0 Å². The Balaban J connectivity index is 2.09. The molecular weight excluding hydrogens is 310 g/mol. The average molecular weight is 323 g/mol. The third-order valence-corrected chi connectivity index (χ3v) is 7.23. The quantitative estimate of drug-likeness (QED) is 0.846. The highest BCUT2D eigenvalue weighted by atomic mass is 32.2. The van der Waals surface area contributed by atoms with Crippen LogP contribution in [0.5, 0.6) is 0 Å². The second-order valence-electron chi connectivity index (χ2n) is 4.17. The molecule has 9 heteroatoms. The number of nitrogens with one attached hydrogen (secondary N) is 1. The molecule has 1 aliphatic heterocycles. The normalized spacial score (nSPS) is 24.2. The Labute approximate surface area is 117 Å². The number of sulfonamides is 1. The second kappa shape index (κ2) is 5.70. The molecular formula is C10H13NO5S3. The summed E-state index contributed by atoms with van der Waals surface area (Å²) in [7, 11) is -4.53. The molecule has 1 fully saturated rings. The van der Waals surface area contributed by atoms with Crippen LogP contribution in [0.3, 0.4) is 0 Å². The standard InChI is InChI=1S/C10H13NO5S3/c12-10(13)8-1-2-9(17-8)19(15,16)11-7-3-5-18(14)6-4-7/h1-2,7,11H,3-6H2,(H,12,13). The van der Waals surface area contributed by atoms with Gasteiger partial charge in [0.1, 0.15) is 9.09 Å². The molecule has 1 aliphatic rings. The molecule has 0 saturated carbocycles. The highest BCUT2D eigenvalue weighted by molar-refractivity contribution is 7.91. The van der Waals surface area contributed by atoms with Crippen molar-refractivity contribution in [1.29, 1.82) is 0 Å². The van der Waals surface area contributed by atoms with E-state index in [2.05, 4.69) is 4.72 Å². The Bertz CT molecular complexity index is 596. The van der Waals surface area contributed by atoms with Crippen molar-refractivity contribution in [3.8, 4) is 0 Å². The molecule has 0 aromatic carbocycles. The number of aromatic carboxylic acids is 1. The van der Waals surface area contributed by atoms with Crippen LogP contribution < -0.4 is 4.72 Å². The van der Waals surface area contributed by atoms with E-state index in [4.69, 9.17) is 5.11 Å². The van der Waals surface area contributed by atoms with E-state index in [9.17, 15) is 17.4 Å². The van der Waals surface area contributed by atoms with Crippen molar-refractivity contribution in [2.45, 2.75) is 23.1 Å². The number of rotatable bonds is 4. The van der Waals surface area contributed by atoms with Gasteiger partial charge in [-0.2, -0.15) is 0 Å². The molecule has 19 heavy (non-hydrogen) atoms. The van der Waals surface area contributed by atoms with Crippen LogP contribution in [0.1, 0.15) is 22.5 Å². The Morgan fingerprint density at radius 1 is 1.37 bits per heavy atom. The summed E-state index contributed by atoms with van der Waals surface area (Å²) >= 11 is 0.727. The monoisotopic (exact) mass is 323 g/mol. The number of carboxylic acids is 1. The Morgan fingerprint density at radius 2 is 2.00 bits per heavy atom. The molecule has 0 atom stereocenters. The number of carboxylic acid groups (broad SMARTS) is 1. The van der Waals surface area contributed by atoms with E-state index in [1.807, 2.05) is 0 Å². The fourth-order valence-corrected chi connectivity index (χ4v) is 5.53. The molecule has 0 bridgehead atoms. The molecule has 1 aromatic rings. The number of carbonyl (C=O) groups is 1. The van der Waals surface area contributed by atoms with E-state index in [1.54, 1.807) is 0 Å². The van der Waals surface area contributed by atoms with Crippen LogP contribution in [-0.2, 0) is 20.8 Å². The van der Waals surface area contributed by atoms with Gasteiger partial charge in [-0.3, -0.25) is 4.21 Å². The lowest BCUT2D eigenvalue weighted by molar-refractivity contribution is 0.0702. The van der Waals surface area contributed by atoms with Gasteiger partial charge in [-0.05, 0) is 25.0 Å². The first-order valence-corrected chi connectivity index (χ1v) is 9.38. The lowest BCUT2D eigenvalue weighted by Gasteiger charge is -2.21. The maximum atomic E-state index is 12.0. The molecule has 0 aliphatic carbocycles. The summed E-state index contributed by atoms with van der Waals surface area (Å²) in [6.45, 7) is 0. The van der Waals surface area contributed by atoms with Crippen molar-refractivity contribution in [3.05, 3.63) is 17.0 Å². The van der Waals surface area contributed by atoms with Gasteiger partial charge in [-0.25, -0.2) is 17.9 Å². The molecule has 2 rings (SSSR count). The second-order valence-corrected chi connectivity index (χ2v) is 8.89. The molecule has 0 radical (unpaired) electrons. The van der Waals surface area contributed by atoms with Crippen LogP contribution in [0.4, 0.5) is 0 Å². The van der Waals surface area contributed by atoms with E-state index >= 15 is 0 Å². The molecule has 1 aromatic heterocycles. The number of hydrogen-bond donors (Lipinski definition) is 2. The molecule has 6 nitrogen and oxygen atoms in total. The first-order chi connectivity index (χ1) is 8.88. The number of thiophene rings is 1. The maximum absolute atomic E-state index is 12.0. The van der Waals surface area contributed by atoms with Crippen LogP contribution in [-0.4, -0.2) is 41.3 Å². The molecule has 0 spiro atoms. The highest BCUT2D eigenvalue weighted by Crippen LogP contribution is 2.22. The molecule has 2 heterocycles. The minimum Gasteiger partial charge on any atom is -0.477 e. The van der Waals surface area contributed by atoms with Crippen LogP contribution >= 0.6 is 11.3 Å². The fourth-order valence-electron chi connectivity index (χ4n) is 1.77. The molecule has 2 N–H and O–H groups in total. The SMILES string of the molecule is O=C(O)c1ccc(S(=O)(=O)NC2CCS(=O)CC2)s1. The van der Waals surface area contributed by atoms with Gasteiger partial charge in [-0.15, -0.1) is 11.3 Å². The first kappa shape index (κ1) is 14.6. The lowest BCUT2D eigenvalue weighted by atomic mass is 10.2. The predicted molar refractivity (Wildman–Crippen MR) is 72.5 cm³/mol. The van der Waals surface area contributed by atoms with Crippen molar-refractivity contribution in [3.63, 3.8) is 0 Å². The summed E-state index contributed by atoms with van der Waals surface area (Å²) < 4.78 is 37.8. The Hall–Kier alpha value is -0.770. The van der Waals surface area contributed by atoms with Gasteiger partial charge < -0.3 is 5.11 Å². The van der Waals surface area contributed by atoms with Gasteiger partial charge in [0.2, 0.25) is 10.0 Å². The first-order valence-electron chi connectivity index (χ1n) is 5.59. The summed E-state index contributed by atoms with van der Waals surface area (Å²) in [6.07, 6.45) is 1.09. The summed E-state index contributed by atoms with van der Waals surface area (Å²) in [5, 5.41) is 8.78. The zero-order valence-corrected chi connectivity index (χ0v) is 12.3. The van der Waals surface area contributed by atoms with Gasteiger partial charge in [-0.1, -0.05) is 0 Å². The summed E-state index contributed by atoms with van der Waals surface area (Å²) in [5.41, 5.74) is 0. The van der Waals surface area contributed by atoms with Crippen LogP contribution in [0, 0.1) is 0 Å². The van der Waals surface area contributed by atoms with E-state index in [-0.39, 0.29) is 15.1 Å². The van der Waals surface area contributed by atoms with Crippen molar-refractivity contribution in [2.75, 3.05) is 11.5 Å². The van der Waals surface area contributed by atoms with Crippen LogP contribution in [0.2, 0.25) is 0 Å². The largest absolute Gasteiger partial charge is 0.477 e. The third-order valence-electron chi connectivity index (χ3n) is 2.77. The average Bonchev–Trinajstić information content (AvgIpc) is 2.82. The number of hydrogen-bond acceptors (Lipinski definition) is 5. The highest BCUT2D eigenvalue weighted by Gasteiger charge is 2.25. The molecule has 0 unspecified atom stereocenters. The van der Waals surface area contributed by atoms with Gasteiger partial charge in [0.15, 0.2) is 0 Å². The third kappa shape index (κ3) is 3.62. The predicted octanol–water partition coefficient (Wildman–Crippen LogP) is 0.636. The Kier molecular flexibility index (Phi) is 4.39. The zero-order chi connectivity index (χ0) is 14.0. The zero-order valence-electron chi connectivity index (χ0n) is 9.87. The van der Waals surface area contributed by atoms with Gasteiger partial charge in [0, 0.05) is 28.3 Å². The summed E-state index contributed by atoms with van der Waals surface area (Å²) in [5.74, 6) is -0.143. The van der Waals surface area contributed by atoms with E-state index in [0.717, 1.165) is 11.3 Å². The smallest absolute Gasteiger partial charge is 0.345 e. The van der Waals surface area contributed by atoms with Crippen LogP contribution in [0.25, 0.3) is 0 Å². The van der Waals surface area contributed by atoms with Crippen molar-refractivity contribution in [1.82, 2.24) is 4.72 Å². The van der Waals surface area contributed by atoms with E-state index in [1.165, 1.54) is 12.1 Å². The van der Waals surface area contributed by atoms with Crippen molar-refractivity contribution >= 4 is 38.1 Å². The summed E-state index contributed by atoms with van der Waals surface area (Å²) in [4.78, 5) is 10.7.